The summed E-state index contributed by atoms with van der Waals surface area (Å²) in [5.74, 6) is 0.139. The molecule has 0 aliphatic carbocycles. The number of rotatable bonds is 5. The summed E-state index contributed by atoms with van der Waals surface area (Å²) in [4.78, 5) is 0. The minimum Gasteiger partial charge on any atom is -0.491 e. The Balaban J connectivity index is 1.79. The Morgan fingerprint density at radius 3 is 2.37 bits per heavy atom. The van der Waals surface area contributed by atoms with E-state index >= 15 is 0 Å². The minimum absolute atomic E-state index is 0.260. The van der Waals surface area contributed by atoms with Crippen molar-refractivity contribution in [3.8, 4) is 5.75 Å². The van der Waals surface area contributed by atoms with E-state index in [0.717, 1.165) is 11.3 Å². The number of aryl methyl sites for hydroxylation is 1. The highest BCUT2D eigenvalue weighted by molar-refractivity contribution is 5.42. The van der Waals surface area contributed by atoms with Gasteiger partial charge in [-0.2, -0.15) is 0 Å². The number of hydrogen-bond donors (Lipinski definition) is 1. The van der Waals surface area contributed by atoms with Crippen LogP contribution in [0.1, 0.15) is 5.56 Å². The van der Waals surface area contributed by atoms with Crippen LogP contribution in [0.2, 0.25) is 0 Å². The van der Waals surface area contributed by atoms with Gasteiger partial charge in [0.25, 0.3) is 0 Å². The van der Waals surface area contributed by atoms with Crippen LogP contribution < -0.4 is 10.1 Å². The number of halogens is 2. The van der Waals surface area contributed by atoms with Crippen LogP contribution >= 0.6 is 0 Å². The minimum atomic E-state index is -0.269. The van der Waals surface area contributed by atoms with E-state index in [2.05, 4.69) is 5.32 Å². The summed E-state index contributed by atoms with van der Waals surface area (Å²) in [6.07, 6.45) is 0. The van der Waals surface area contributed by atoms with E-state index in [4.69, 9.17) is 4.74 Å². The first-order valence-electron chi connectivity index (χ1n) is 6.03. The normalized spacial score (nSPS) is 10.3. The predicted octanol–water partition coefficient (Wildman–Crippen LogP) is 3.76. The molecular weight excluding hydrogens is 248 g/mol. The molecule has 2 aromatic rings. The van der Waals surface area contributed by atoms with Crippen molar-refractivity contribution in [2.24, 2.45) is 0 Å². The summed E-state index contributed by atoms with van der Waals surface area (Å²) in [7, 11) is 0. The highest BCUT2D eigenvalue weighted by Gasteiger charge is 2.00. The zero-order chi connectivity index (χ0) is 13.7. The van der Waals surface area contributed by atoms with Gasteiger partial charge >= 0.3 is 0 Å². The Bertz CT molecular complexity index is 540. The molecule has 0 atom stereocenters. The van der Waals surface area contributed by atoms with Gasteiger partial charge in [0.05, 0.1) is 0 Å². The molecule has 0 saturated heterocycles. The van der Waals surface area contributed by atoms with Crippen LogP contribution in [0.3, 0.4) is 0 Å². The van der Waals surface area contributed by atoms with Gasteiger partial charge in [-0.3, -0.25) is 0 Å². The average Bonchev–Trinajstić information content (AvgIpc) is 2.39. The highest BCUT2D eigenvalue weighted by Crippen LogP contribution is 2.18. The maximum absolute atomic E-state index is 12.9. The van der Waals surface area contributed by atoms with E-state index in [1.165, 1.54) is 24.3 Å². The third-order valence-electron chi connectivity index (χ3n) is 2.67. The molecule has 0 bridgehead atoms. The fourth-order valence-corrected chi connectivity index (χ4v) is 1.70. The summed E-state index contributed by atoms with van der Waals surface area (Å²) in [5, 5.41) is 3.11. The summed E-state index contributed by atoms with van der Waals surface area (Å²) >= 11 is 0. The first-order chi connectivity index (χ1) is 9.15. The van der Waals surface area contributed by atoms with E-state index in [1.807, 2.05) is 0 Å². The van der Waals surface area contributed by atoms with Gasteiger partial charge in [0.1, 0.15) is 24.0 Å². The van der Waals surface area contributed by atoms with Crippen molar-refractivity contribution < 1.29 is 13.5 Å². The molecule has 0 saturated carbocycles. The van der Waals surface area contributed by atoms with Crippen LogP contribution in [0, 0.1) is 18.6 Å². The van der Waals surface area contributed by atoms with Crippen molar-refractivity contribution in [1.29, 1.82) is 0 Å². The molecule has 0 radical (unpaired) electrons. The second-order valence-corrected chi connectivity index (χ2v) is 4.19. The van der Waals surface area contributed by atoms with Crippen LogP contribution in [0.5, 0.6) is 5.75 Å². The quantitative estimate of drug-likeness (QED) is 0.829. The van der Waals surface area contributed by atoms with E-state index in [9.17, 15) is 8.78 Å². The smallest absolute Gasteiger partial charge is 0.123 e. The standard InChI is InChI=1S/C15H15F2NO/c1-11-10-13(17)4-7-15(11)19-9-8-18-14-5-2-12(16)3-6-14/h2-7,10,18H,8-9H2,1H3. The van der Waals surface area contributed by atoms with Gasteiger partial charge in [0.2, 0.25) is 0 Å². The topological polar surface area (TPSA) is 21.3 Å². The van der Waals surface area contributed by atoms with Gasteiger partial charge in [0.15, 0.2) is 0 Å². The first-order valence-corrected chi connectivity index (χ1v) is 6.03. The van der Waals surface area contributed by atoms with Gasteiger partial charge in [-0.05, 0) is 55.0 Å². The molecule has 0 fully saturated rings. The number of nitrogens with one attached hydrogen (secondary N) is 1. The van der Waals surface area contributed by atoms with Crippen molar-refractivity contribution in [2.45, 2.75) is 6.92 Å². The molecule has 100 valence electrons. The van der Waals surface area contributed by atoms with Crippen LogP contribution in [0.4, 0.5) is 14.5 Å². The third-order valence-corrected chi connectivity index (χ3v) is 2.67. The van der Waals surface area contributed by atoms with Gasteiger partial charge < -0.3 is 10.1 Å². The molecule has 0 heterocycles. The predicted molar refractivity (Wildman–Crippen MR) is 71.5 cm³/mol. The van der Waals surface area contributed by atoms with Crippen molar-refractivity contribution in [1.82, 2.24) is 0 Å². The fourth-order valence-electron chi connectivity index (χ4n) is 1.70. The molecule has 2 rings (SSSR count). The second-order valence-electron chi connectivity index (χ2n) is 4.19. The zero-order valence-corrected chi connectivity index (χ0v) is 10.6. The molecule has 19 heavy (non-hydrogen) atoms. The number of benzene rings is 2. The molecule has 0 spiro atoms. The summed E-state index contributed by atoms with van der Waals surface area (Å²) < 4.78 is 31.1. The lowest BCUT2D eigenvalue weighted by molar-refractivity contribution is 0.330. The van der Waals surface area contributed by atoms with Crippen molar-refractivity contribution in [2.75, 3.05) is 18.5 Å². The summed E-state index contributed by atoms with van der Waals surface area (Å²) in [6.45, 7) is 2.83. The average molecular weight is 263 g/mol. The molecule has 0 aromatic heterocycles. The van der Waals surface area contributed by atoms with E-state index in [-0.39, 0.29) is 11.6 Å². The van der Waals surface area contributed by atoms with Crippen LogP contribution in [0.15, 0.2) is 42.5 Å². The zero-order valence-electron chi connectivity index (χ0n) is 10.6. The number of ether oxygens (including phenoxy) is 1. The van der Waals surface area contributed by atoms with Gasteiger partial charge in [-0.15, -0.1) is 0 Å². The molecule has 2 nitrogen and oxygen atoms in total. The first kappa shape index (κ1) is 13.3. The Labute approximate surface area is 111 Å². The summed E-state index contributed by atoms with van der Waals surface area (Å²) in [6, 6.07) is 10.5. The maximum Gasteiger partial charge on any atom is 0.123 e. The monoisotopic (exact) mass is 263 g/mol. The highest BCUT2D eigenvalue weighted by atomic mass is 19.1. The van der Waals surface area contributed by atoms with Gasteiger partial charge in [-0.25, -0.2) is 8.78 Å². The Morgan fingerprint density at radius 1 is 1.00 bits per heavy atom. The van der Waals surface area contributed by atoms with Gasteiger partial charge in [0, 0.05) is 12.2 Å². The molecule has 4 heteroatoms. The van der Waals surface area contributed by atoms with Crippen LogP contribution in [-0.4, -0.2) is 13.2 Å². The largest absolute Gasteiger partial charge is 0.491 e. The van der Waals surface area contributed by atoms with Crippen LogP contribution in [-0.2, 0) is 0 Å². The van der Waals surface area contributed by atoms with Crippen molar-refractivity contribution in [3.63, 3.8) is 0 Å². The Hall–Kier alpha value is -2.10. The molecule has 0 aliphatic heterocycles. The van der Waals surface area contributed by atoms with Crippen molar-refractivity contribution in [3.05, 3.63) is 59.7 Å². The Kier molecular flexibility index (Phi) is 4.34. The SMILES string of the molecule is Cc1cc(F)ccc1OCCNc1ccc(F)cc1. The Morgan fingerprint density at radius 2 is 1.68 bits per heavy atom. The molecule has 1 N–H and O–H groups in total. The number of anilines is 1. The molecular formula is C15H15F2NO. The van der Waals surface area contributed by atoms with Crippen molar-refractivity contribution >= 4 is 5.69 Å². The molecule has 0 amide bonds. The van der Waals surface area contributed by atoms with Gasteiger partial charge in [-0.1, -0.05) is 0 Å². The van der Waals surface area contributed by atoms with E-state index in [1.54, 1.807) is 25.1 Å². The van der Waals surface area contributed by atoms with E-state index in [0.29, 0.717) is 18.9 Å². The lowest BCUT2D eigenvalue weighted by Crippen LogP contribution is -2.11. The molecule has 2 aromatic carbocycles. The molecule has 0 aliphatic rings. The molecule has 0 unspecified atom stereocenters. The van der Waals surface area contributed by atoms with Crippen LogP contribution in [0.25, 0.3) is 0 Å². The fraction of sp³-hybridized carbons (Fsp3) is 0.200. The lowest BCUT2D eigenvalue weighted by Gasteiger charge is -2.10. The second kappa shape index (κ2) is 6.18. The van der Waals surface area contributed by atoms with E-state index < -0.39 is 0 Å². The summed E-state index contributed by atoms with van der Waals surface area (Å²) in [5.41, 5.74) is 1.60. The number of hydrogen-bond acceptors (Lipinski definition) is 2. The maximum atomic E-state index is 12.9. The third kappa shape index (κ3) is 3.95. The lowest BCUT2D eigenvalue weighted by atomic mass is 10.2.